The molecule has 290 valence electrons. The second kappa shape index (κ2) is 18.7. The monoisotopic (exact) mass is 774 g/mol. The molecule has 5 aromatic rings. The maximum Gasteiger partial charge on any atom is -0.0130 e. The Morgan fingerprint density at radius 3 is 0.768 bits per heavy atom. The van der Waals surface area contributed by atoms with Gasteiger partial charge in [0, 0.05) is 0 Å². The van der Waals surface area contributed by atoms with Crippen LogP contribution in [0.4, 0.5) is 0 Å². The Labute approximate surface area is 341 Å². The molecule has 4 fully saturated rings. The summed E-state index contributed by atoms with van der Waals surface area (Å²) in [5, 5.41) is 3.66. The molecule has 8 unspecified atom stereocenters. The molecule has 56 heavy (non-hydrogen) atoms. The maximum atomic E-state index is 2.68. The van der Waals surface area contributed by atoms with Crippen LogP contribution in [0, 0.1) is 23.7 Å². The predicted molar refractivity (Wildman–Crippen MR) is 245 cm³/mol. The lowest BCUT2D eigenvalue weighted by atomic mass is 9.90. The Hall–Kier alpha value is -3.04. The summed E-state index contributed by atoms with van der Waals surface area (Å²) < 4.78 is 0. The molecular formula is C54H64P2. The van der Waals surface area contributed by atoms with Crippen molar-refractivity contribution in [3.63, 3.8) is 0 Å². The molecule has 0 N–H and O–H groups in total. The summed E-state index contributed by atoms with van der Waals surface area (Å²) in [4.78, 5) is 0. The summed E-state index contributed by atoms with van der Waals surface area (Å²) in [5.41, 5.74) is 6.41. The largest absolute Gasteiger partial charge is 0.0740 e. The van der Waals surface area contributed by atoms with Crippen LogP contribution in [0.2, 0.25) is 0 Å². The van der Waals surface area contributed by atoms with Gasteiger partial charge in [0.1, 0.15) is 0 Å². The third-order valence-electron chi connectivity index (χ3n) is 14.9. The second-order valence-electron chi connectivity index (χ2n) is 18.1. The van der Waals surface area contributed by atoms with Gasteiger partial charge in [-0.3, -0.25) is 0 Å². The van der Waals surface area contributed by atoms with Crippen LogP contribution in [-0.2, 0) is 0 Å². The van der Waals surface area contributed by atoms with E-state index in [9.17, 15) is 0 Å². The molecule has 0 aromatic heterocycles. The molecule has 9 rings (SSSR count). The van der Waals surface area contributed by atoms with Crippen LogP contribution in [0.25, 0.3) is 0 Å². The van der Waals surface area contributed by atoms with Crippen molar-refractivity contribution in [2.24, 2.45) is 23.7 Å². The smallest absolute Gasteiger partial charge is 0.0130 e. The molecule has 4 aliphatic rings. The fraction of sp³-hybridized carbons (Fsp3) is 0.444. The van der Waals surface area contributed by atoms with E-state index in [-0.39, 0.29) is 15.8 Å². The molecule has 4 saturated carbocycles. The van der Waals surface area contributed by atoms with Crippen molar-refractivity contribution in [1.82, 2.24) is 0 Å². The zero-order chi connectivity index (χ0) is 37.5. The van der Waals surface area contributed by atoms with Crippen LogP contribution in [-0.4, -0.2) is 24.6 Å². The molecule has 0 spiro atoms. The summed E-state index contributed by atoms with van der Waals surface area (Å²) in [7, 11) is -0.589. The molecular weight excluding hydrogens is 711 g/mol. The van der Waals surface area contributed by atoms with E-state index >= 15 is 0 Å². The SMILES string of the molecule is c1ccc(C2CCCC2CP(CC2CCCC2c2ccccc2)c2ccccc2P(CC2CCCC2c2ccccc2)CC2CCCC2c2ccccc2)cc1. The molecule has 0 nitrogen and oxygen atoms in total. The third-order valence-corrected chi connectivity index (χ3v) is 20.9. The van der Waals surface area contributed by atoms with Gasteiger partial charge in [-0.05, 0) is 156 Å². The van der Waals surface area contributed by atoms with Crippen LogP contribution in [0.5, 0.6) is 0 Å². The van der Waals surface area contributed by atoms with Crippen molar-refractivity contribution < 1.29 is 0 Å². The highest BCUT2D eigenvalue weighted by Gasteiger charge is 2.39. The minimum atomic E-state index is -0.294. The quantitative estimate of drug-likeness (QED) is 0.0986. The van der Waals surface area contributed by atoms with Crippen molar-refractivity contribution in [2.45, 2.75) is 101 Å². The molecule has 0 radical (unpaired) electrons. The van der Waals surface area contributed by atoms with Gasteiger partial charge >= 0.3 is 0 Å². The summed E-state index contributed by atoms with van der Waals surface area (Å²) in [6.07, 6.45) is 22.3. The van der Waals surface area contributed by atoms with Gasteiger partial charge in [-0.2, -0.15) is 0 Å². The number of hydrogen-bond donors (Lipinski definition) is 0. The summed E-state index contributed by atoms with van der Waals surface area (Å²) in [6.45, 7) is 0. The lowest BCUT2D eigenvalue weighted by Gasteiger charge is -2.35. The average molecular weight is 775 g/mol. The Morgan fingerprint density at radius 2 is 0.518 bits per heavy atom. The van der Waals surface area contributed by atoms with E-state index in [2.05, 4.69) is 146 Å². The van der Waals surface area contributed by atoms with Crippen molar-refractivity contribution in [1.29, 1.82) is 0 Å². The molecule has 5 aromatic carbocycles. The fourth-order valence-electron chi connectivity index (χ4n) is 12.3. The maximum absolute atomic E-state index is 2.68. The predicted octanol–water partition coefficient (Wildman–Crippen LogP) is 14.2. The van der Waals surface area contributed by atoms with E-state index in [1.807, 2.05) is 10.6 Å². The van der Waals surface area contributed by atoms with E-state index in [1.165, 1.54) is 102 Å². The van der Waals surface area contributed by atoms with Crippen molar-refractivity contribution in [3.05, 3.63) is 168 Å². The first kappa shape index (κ1) is 38.5. The first-order chi connectivity index (χ1) is 27.8. The molecule has 0 heterocycles. The highest BCUT2D eigenvalue weighted by molar-refractivity contribution is 7.72. The highest BCUT2D eigenvalue weighted by atomic mass is 31.1. The Kier molecular flexibility index (Phi) is 12.8. The van der Waals surface area contributed by atoms with Crippen LogP contribution >= 0.6 is 15.8 Å². The van der Waals surface area contributed by atoms with Crippen LogP contribution in [0.3, 0.4) is 0 Å². The zero-order valence-electron chi connectivity index (χ0n) is 33.7. The van der Waals surface area contributed by atoms with E-state index in [0.717, 1.165) is 47.3 Å². The third kappa shape index (κ3) is 8.84. The second-order valence-corrected chi connectivity index (χ2v) is 22.7. The van der Waals surface area contributed by atoms with Crippen molar-refractivity contribution in [3.8, 4) is 0 Å². The zero-order valence-corrected chi connectivity index (χ0v) is 35.5. The highest BCUT2D eigenvalue weighted by Crippen LogP contribution is 2.56. The van der Waals surface area contributed by atoms with Gasteiger partial charge in [0.15, 0.2) is 0 Å². The topological polar surface area (TPSA) is 0 Å². The minimum Gasteiger partial charge on any atom is -0.0740 e. The van der Waals surface area contributed by atoms with E-state index in [1.54, 1.807) is 22.3 Å². The Morgan fingerprint density at radius 1 is 0.286 bits per heavy atom. The average Bonchev–Trinajstić information content (AvgIpc) is 4.11. The number of rotatable bonds is 14. The van der Waals surface area contributed by atoms with Gasteiger partial charge in [0.25, 0.3) is 0 Å². The lowest BCUT2D eigenvalue weighted by molar-refractivity contribution is 0.524. The molecule has 8 atom stereocenters. The van der Waals surface area contributed by atoms with Gasteiger partial charge in [0.2, 0.25) is 0 Å². The minimum absolute atomic E-state index is 0.294. The van der Waals surface area contributed by atoms with E-state index in [4.69, 9.17) is 0 Å². The van der Waals surface area contributed by atoms with Gasteiger partial charge in [-0.1, -0.05) is 187 Å². The summed E-state index contributed by atoms with van der Waals surface area (Å²) in [6, 6.07) is 56.9. The molecule has 0 saturated heterocycles. The number of benzene rings is 5. The fourth-order valence-corrected chi connectivity index (χ4v) is 19.6. The van der Waals surface area contributed by atoms with Crippen LogP contribution < -0.4 is 10.6 Å². The Balaban J connectivity index is 1.08. The van der Waals surface area contributed by atoms with Gasteiger partial charge in [-0.15, -0.1) is 0 Å². The van der Waals surface area contributed by atoms with Crippen molar-refractivity contribution in [2.75, 3.05) is 24.6 Å². The van der Waals surface area contributed by atoms with Crippen LogP contribution in [0.15, 0.2) is 146 Å². The molecule has 0 bridgehead atoms. The molecule has 4 aliphatic carbocycles. The molecule has 0 aliphatic heterocycles. The molecule has 2 heteroatoms. The normalized spacial score (nSPS) is 28.7. The molecule has 0 amide bonds. The first-order valence-electron chi connectivity index (χ1n) is 22.6. The Bertz CT molecular complexity index is 1660. The number of hydrogen-bond acceptors (Lipinski definition) is 0. The van der Waals surface area contributed by atoms with Gasteiger partial charge in [-0.25, -0.2) is 0 Å². The van der Waals surface area contributed by atoms with Gasteiger partial charge in [0.05, 0.1) is 0 Å². The summed E-state index contributed by atoms with van der Waals surface area (Å²) >= 11 is 0. The lowest BCUT2D eigenvalue weighted by Crippen LogP contribution is -2.31. The van der Waals surface area contributed by atoms with E-state index in [0.29, 0.717) is 0 Å². The first-order valence-corrected chi connectivity index (χ1v) is 26.0. The standard InChI is InChI=1S/C54H64P2/c1-5-19-41(20-6-1)49-31-15-27-45(49)37-55(38-46-28-16-32-50(46)42-21-7-2-8-22-42)53-35-13-14-36-54(53)56(39-47-29-17-33-51(47)43-23-9-3-10-24-43)40-48-30-18-34-52(48)44-25-11-4-12-26-44/h1-14,19-26,35-36,45-52H,15-18,27-34,37-40H2. The van der Waals surface area contributed by atoms with Crippen LogP contribution in [0.1, 0.15) is 123 Å². The summed E-state index contributed by atoms with van der Waals surface area (Å²) in [5.74, 6) is 6.08. The van der Waals surface area contributed by atoms with Crippen molar-refractivity contribution >= 4 is 26.5 Å². The van der Waals surface area contributed by atoms with E-state index < -0.39 is 0 Å². The van der Waals surface area contributed by atoms with Gasteiger partial charge < -0.3 is 0 Å².